The zero-order valence-electron chi connectivity index (χ0n) is 14.0. The molecule has 1 aromatic heterocycles. The quantitative estimate of drug-likeness (QED) is 0.794. The van der Waals surface area contributed by atoms with Crippen molar-refractivity contribution < 1.29 is 13.2 Å². The van der Waals surface area contributed by atoms with Gasteiger partial charge in [0.1, 0.15) is 0 Å². The molecule has 2 heterocycles. The molecular weight excluding hydrogens is 305 g/mol. The lowest BCUT2D eigenvalue weighted by Gasteiger charge is -2.31. The third-order valence-electron chi connectivity index (χ3n) is 4.40. The number of rotatable bonds is 6. The highest BCUT2D eigenvalue weighted by molar-refractivity contribution is 5.27. The molecule has 0 amide bonds. The maximum Gasteiger partial charge on any atom is 0.416 e. The fourth-order valence-corrected chi connectivity index (χ4v) is 3.08. The summed E-state index contributed by atoms with van der Waals surface area (Å²) in [6.45, 7) is 8.47. The first-order chi connectivity index (χ1) is 10.7. The van der Waals surface area contributed by atoms with Crippen molar-refractivity contribution in [3.8, 4) is 0 Å². The molecule has 1 aliphatic rings. The van der Waals surface area contributed by atoms with Crippen molar-refractivity contribution in [3.05, 3.63) is 33.7 Å². The first-order valence-electron chi connectivity index (χ1n) is 8.23. The van der Waals surface area contributed by atoms with Gasteiger partial charge in [0, 0.05) is 24.8 Å². The molecule has 0 aromatic carbocycles. The Kier molecular flexibility index (Phi) is 5.55. The van der Waals surface area contributed by atoms with Crippen LogP contribution in [0.15, 0.2) is 17.1 Å². The van der Waals surface area contributed by atoms with Crippen LogP contribution < -0.4 is 5.56 Å². The van der Waals surface area contributed by atoms with Gasteiger partial charge in [0.25, 0.3) is 5.56 Å². The normalized spacial score (nSPS) is 17.3. The minimum Gasteiger partial charge on any atom is -0.312 e. The van der Waals surface area contributed by atoms with Gasteiger partial charge in [0.15, 0.2) is 0 Å². The van der Waals surface area contributed by atoms with Gasteiger partial charge in [-0.1, -0.05) is 13.8 Å². The fourth-order valence-electron chi connectivity index (χ4n) is 3.08. The Morgan fingerprint density at radius 3 is 2.35 bits per heavy atom. The Morgan fingerprint density at radius 2 is 1.87 bits per heavy atom. The van der Waals surface area contributed by atoms with E-state index in [9.17, 15) is 18.0 Å². The number of likely N-dealkylation sites (tertiary alicyclic amines) is 1. The lowest BCUT2D eigenvalue weighted by atomic mass is 10.0. The summed E-state index contributed by atoms with van der Waals surface area (Å²) in [6, 6.07) is 0.662. The van der Waals surface area contributed by atoms with Gasteiger partial charge in [-0.2, -0.15) is 13.2 Å². The molecule has 23 heavy (non-hydrogen) atoms. The summed E-state index contributed by atoms with van der Waals surface area (Å²) in [5.74, 6) is 0.378. The largest absolute Gasteiger partial charge is 0.416 e. The Morgan fingerprint density at radius 1 is 1.22 bits per heavy atom. The van der Waals surface area contributed by atoms with E-state index in [0.717, 1.165) is 32.0 Å². The number of alkyl halides is 3. The Hall–Kier alpha value is -1.30. The zero-order chi connectivity index (χ0) is 17.2. The smallest absolute Gasteiger partial charge is 0.312 e. The molecule has 0 aliphatic carbocycles. The van der Waals surface area contributed by atoms with E-state index in [-0.39, 0.29) is 11.6 Å². The summed E-state index contributed by atoms with van der Waals surface area (Å²) < 4.78 is 41.1. The van der Waals surface area contributed by atoms with Gasteiger partial charge in [-0.25, -0.2) is 0 Å². The second-order valence-electron chi connectivity index (χ2n) is 6.88. The van der Waals surface area contributed by atoms with Crippen LogP contribution >= 0.6 is 0 Å². The molecule has 130 valence electrons. The molecule has 0 bridgehead atoms. The van der Waals surface area contributed by atoms with Crippen LogP contribution in [0.2, 0.25) is 0 Å². The SMILES string of the molecule is CC(C)CC(C)n1cc(CCN2CCC2)c(C(F)(F)F)cc1=O. The molecule has 0 saturated carbocycles. The second kappa shape index (κ2) is 7.07. The molecule has 1 atom stereocenters. The van der Waals surface area contributed by atoms with Crippen molar-refractivity contribution in [1.82, 2.24) is 9.47 Å². The summed E-state index contributed by atoms with van der Waals surface area (Å²) in [7, 11) is 0. The summed E-state index contributed by atoms with van der Waals surface area (Å²) in [5.41, 5.74) is -1.13. The van der Waals surface area contributed by atoms with Gasteiger partial charge in [-0.15, -0.1) is 0 Å². The number of hydrogen-bond acceptors (Lipinski definition) is 2. The number of pyridine rings is 1. The highest BCUT2D eigenvalue weighted by atomic mass is 19.4. The lowest BCUT2D eigenvalue weighted by molar-refractivity contribution is -0.138. The van der Waals surface area contributed by atoms with Crippen LogP contribution in [0.25, 0.3) is 0 Å². The maximum atomic E-state index is 13.2. The molecule has 1 aromatic rings. The number of nitrogens with zero attached hydrogens (tertiary/aromatic N) is 2. The summed E-state index contributed by atoms with van der Waals surface area (Å²) >= 11 is 0. The van der Waals surface area contributed by atoms with Crippen LogP contribution in [0.4, 0.5) is 13.2 Å². The number of aromatic nitrogens is 1. The minimum absolute atomic E-state index is 0.104. The predicted molar refractivity (Wildman–Crippen MR) is 84.6 cm³/mol. The predicted octanol–water partition coefficient (Wildman–Crippen LogP) is 3.72. The monoisotopic (exact) mass is 330 g/mol. The summed E-state index contributed by atoms with van der Waals surface area (Å²) in [6.07, 6.45) is -0.862. The van der Waals surface area contributed by atoms with Crippen molar-refractivity contribution in [3.63, 3.8) is 0 Å². The molecule has 2 rings (SSSR count). The van der Waals surface area contributed by atoms with E-state index in [1.165, 1.54) is 10.8 Å². The van der Waals surface area contributed by atoms with E-state index in [2.05, 4.69) is 4.90 Å². The van der Waals surface area contributed by atoms with Crippen LogP contribution in [0.5, 0.6) is 0 Å². The highest BCUT2D eigenvalue weighted by Gasteiger charge is 2.34. The number of hydrogen-bond donors (Lipinski definition) is 0. The zero-order valence-corrected chi connectivity index (χ0v) is 14.0. The van der Waals surface area contributed by atoms with E-state index in [1.54, 1.807) is 0 Å². The van der Waals surface area contributed by atoms with Crippen LogP contribution in [0, 0.1) is 5.92 Å². The molecule has 0 radical (unpaired) electrons. The summed E-state index contributed by atoms with van der Waals surface area (Å²) in [4.78, 5) is 14.3. The minimum atomic E-state index is -4.48. The standard InChI is InChI=1S/C17H25F3N2O/c1-12(2)9-13(3)22-11-14(5-8-21-6-4-7-21)15(10-16(22)23)17(18,19)20/h10-13H,4-9H2,1-3H3. The van der Waals surface area contributed by atoms with Gasteiger partial charge in [0.2, 0.25) is 0 Å². The Bertz CT molecular complexity index is 588. The average molecular weight is 330 g/mol. The van der Waals surface area contributed by atoms with Crippen molar-refractivity contribution in [2.24, 2.45) is 5.92 Å². The Balaban J connectivity index is 2.31. The highest BCUT2D eigenvalue weighted by Crippen LogP contribution is 2.32. The second-order valence-corrected chi connectivity index (χ2v) is 6.88. The summed E-state index contributed by atoms with van der Waals surface area (Å²) in [5, 5.41) is 0. The van der Waals surface area contributed by atoms with Crippen molar-refractivity contribution in [1.29, 1.82) is 0 Å². The van der Waals surface area contributed by atoms with Gasteiger partial charge in [0.05, 0.1) is 5.56 Å². The molecule has 6 heteroatoms. The van der Waals surface area contributed by atoms with E-state index in [4.69, 9.17) is 0 Å². The molecule has 0 spiro atoms. The van der Waals surface area contributed by atoms with Gasteiger partial charge in [-0.3, -0.25) is 4.79 Å². The fraction of sp³-hybridized carbons (Fsp3) is 0.706. The third-order valence-corrected chi connectivity index (χ3v) is 4.40. The van der Waals surface area contributed by atoms with E-state index < -0.39 is 17.3 Å². The van der Waals surface area contributed by atoms with Gasteiger partial charge >= 0.3 is 6.18 Å². The van der Waals surface area contributed by atoms with E-state index in [1.807, 2.05) is 20.8 Å². The molecule has 3 nitrogen and oxygen atoms in total. The maximum absolute atomic E-state index is 13.2. The van der Waals surface area contributed by atoms with Crippen LogP contribution in [0.1, 0.15) is 50.8 Å². The Labute approximate surface area is 135 Å². The van der Waals surface area contributed by atoms with Crippen molar-refractivity contribution in [2.45, 2.75) is 52.3 Å². The van der Waals surface area contributed by atoms with E-state index in [0.29, 0.717) is 18.9 Å². The lowest BCUT2D eigenvalue weighted by Crippen LogP contribution is -2.38. The van der Waals surface area contributed by atoms with Crippen molar-refractivity contribution >= 4 is 0 Å². The van der Waals surface area contributed by atoms with Crippen LogP contribution in [-0.4, -0.2) is 29.1 Å². The van der Waals surface area contributed by atoms with Gasteiger partial charge in [-0.05, 0) is 50.8 Å². The van der Waals surface area contributed by atoms with E-state index >= 15 is 0 Å². The molecule has 1 fully saturated rings. The number of halogens is 3. The molecule has 1 aliphatic heterocycles. The first kappa shape index (κ1) is 18.0. The van der Waals surface area contributed by atoms with Crippen LogP contribution in [0.3, 0.4) is 0 Å². The van der Waals surface area contributed by atoms with Gasteiger partial charge < -0.3 is 9.47 Å². The molecule has 1 saturated heterocycles. The van der Waals surface area contributed by atoms with Crippen molar-refractivity contribution in [2.75, 3.05) is 19.6 Å². The molecular formula is C17H25F3N2O. The first-order valence-corrected chi connectivity index (χ1v) is 8.23. The topological polar surface area (TPSA) is 25.2 Å². The molecule has 1 unspecified atom stereocenters. The average Bonchev–Trinajstić information content (AvgIpc) is 2.35. The third kappa shape index (κ3) is 4.59. The molecule has 0 N–H and O–H groups in total. The van der Waals surface area contributed by atoms with Crippen LogP contribution in [-0.2, 0) is 12.6 Å².